The monoisotopic (exact) mass is 120 g/mol. The zero-order chi connectivity index (χ0) is 5.11. The van der Waals surface area contributed by atoms with Crippen molar-refractivity contribution < 1.29 is 14.5 Å². The van der Waals surface area contributed by atoms with E-state index in [4.69, 9.17) is 0 Å². The first-order chi connectivity index (χ1) is 3.39. The molecule has 0 amide bonds. The van der Waals surface area contributed by atoms with Gasteiger partial charge < -0.3 is 4.74 Å². The number of rotatable bonds is 0. The highest BCUT2D eigenvalue weighted by Crippen LogP contribution is 1.93. The minimum atomic E-state index is 0.0752. The van der Waals surface area contributed by atoms with E-state index >= 15 is 0 Å². The number of hydrogen-bond donors (Lipinski definition) is 0. The number of thiocarbonyl (C=S) groups is 1. The maximum Gasteiger partial charge on any atom is 0.386 e. The Hall–Kier alpha value is -0.350. The molecular formula is C3H4O3S. The lowest BCUT2D eigenvalue weighted by molar-refractivity contribution is -0.263. The minimum absolute atomic E-state index is 0.0752. The fourth-order valence-electron chi connectivity index (χ4n) is 0.273. The Morgan fingerprint density at radius 1 is 1.43 bits per heavy atom. The van der Waals surface area contributed by atoms with Crippen LogP contribution in [0.15, 0.2) is 0 Å². The van der Waals surface area contributed by atoms with E-state index in [9.17, 15) is 0 Å². The molecule has 0 aromatic heterocycles. The predicted molar refractivity (Wildman–Crippen MR) is 25.6 cm³/mol. The van der Waals surface area contributed by atoms with Crippen molar-refractivity contribution in [2.45, 2.75) is 0 Å². The van der Waals surface area contributed by atoms with Crippen molar-refractivity contribution in [2.24, 2.45) is 0 Å². The lowest BCUT2D eigenvalue weighted by Crippen LogP contribution is -2.19. The van der Waals surface area contributed by atoms with Gasteiger partial charge in [-0.1, -0.05) is 0 Å². The number of hydrogen-bond acceptors (Lipinski definition) is 4. The van der Waals surface area contributed by atoms with Crippen LogP contribution in [0.3, 0.4) is 0 Å². The Bertz CT molecular complexity index is 74.2. The van der Waals surface area contributed by atoms with Crippen molar-refractivity contribution in [3.63, 3.8) is 0 Å². The molecule has 1 heterocycles. The van der Waals surface area contributed by atoms with Crippen LogP contribution in [0.4, 0.5) is 0 Å². The van der Waals surface area contributed by atoms with Crippen LogP contribution in [0, 0.1) is 0 Å². The molecule has 0 aromatic carbocycles. The summed E-state index contributed by atoms with van der Waals surface area (Å²) >= 11 is 4.44. The Morgan fingerprint density at radius 2 is 2.29 bits per heavy atom. The van der Waals surface area contributed by atoms with E-state index in [0.29, 0.717) is 13.2 Å². The molecule has 0 atom stereocenters. The molecule has 1 aliphatic rings. The van der Waals surface area contributed by atoms with Gasteiger partial charge in [-0.05, 0) is 0 Å². The second-order valence-corrected chi connectivity index (χ2v) is 1.34. The third kappa shape index (κ3) is 1.29. The summed E-state index contributed by atoms with van der Waals surface area (Å²) in [5.41, 5.74) is 0. The fourth-order valence-corrected chi connectivity index (χ4v) is 0.404. The van der Waals surface area contributed by atoms with Crippen molar-refractivity contribution in [1.82, 2.24) is 0 Å². The average molecular weight is 120 g/mol. The van der Waals surface area contributed by atoms with E-state index in [2.05, 4.69) is 26.7 Å². The SMILES string of the molecule is S=C1OCCOO1. The molecule has 0 aromatic rings. The summed E-state index contributed by atoms with van der Waals surface area (Å²) in [5.74, 6) is 0. The van der Waals surface area contributed by atoms with Gasteiger partial charge in [0, 0.05) is 12.2 Å². The Balaban J connectivity index is 2.25. The molecule has 40 valence electrons. The minimum Gasteiger partial charge on any atom is -0.452 e. The van der Waals surface area contributed by atoms with Crippen molar-refractivity contribution >= 4 is 17.5 Å². The predicted octanol–water partition coefficient (Wildman–Crippen LogP) is 0.250. The normalized spacial score (nSPS) is 20.3. The van der Waals surface area contributed by atoms with Crippen LogP contribution < -0.4 is 0 Å². The van der Waals surface area contributed by atoms with Crippen LogP contribution >= 0.6 is 12.2 Å². The molecule has 1 aliphatic heterocycles. The summed E-state index contributed by atoms with van der Waals surface area (Å²) in [6, 6.07) is 0. The molecule has 0 aliphatic carbocycles. The number of ether oxygens (including phenoxy) is 1. The van der Waals surface area contributed by atoms with Gasteiger partial charge in [-0.15, -0.1) is 0 Å². The molecule has 1 fully saturated rings. The van der Waals surface area contributed by atoms with Gasteiger partial charge in [-0.2, -0.15) is 4.89 Å². The maximum absolute atomic E-state index is 4.66. The first-order valence-electron chi connectivity index (χ1n) is 1.86. The third-order valence-electron chi connectivity index (χ3n) is 0.514. The van der Waals surface area contributed by atoms with Gasteiger partial charge >= 0.3 is 5.24 Å². The first kappa shape index (κ1) is 4.80. The van der Waals surface area contributed by atoms with Gasteiger partial charge in [0.2, 0.25) is 0 Å². The third-order valence-corrected chi connectivity index (χ3v) is 0.699. The highest BCUT2D eigenvalue weighted by Gasteiger charge is 2.04. The van der Waals surface area contributed by atoms with Crippen molar-refractivity contribution in [1.29, 1.82) is 0 Å². The van der Waals surface area contributed by atoms with Gasteiger partial charge in [-0.25, -0.2) is 0 Å². The largest absolute Gasteiger partial charge is 0.452 e. The van der Waals surface area contributed by atoms with Crippen LogP contribution in [0.5, 0.6) is 0 Å². The Labute approximate surface area is 46.1 Å². The molecular weight excluding hydrogens is 116 g/mol. The topological polar surface area (TPSA) is 27.7 Å². The second kappa shape index (κ2) is 2.09. The van der Waals surface area contributed by atoms with Gasteiger partial charge in [0.1, 0.15) is 13.2 Å². The van der Waals surface area contributed by atoms with Crippen molar-refractivity contribution in [3.05, 3.63) is 0 Å². The highest BCUT2D eigenvalue weighted by molar-refractivity contribution is 7.79. The van der Waals surface area contributed by atoms with Gasteiger partial charge in [0.25, 0.3) is 0 Å². The standard InChI is InChI=1S/C3H4O3S/c7-3-4-1-2-5-6-3/h1-2H2. The summed E-state index contributed by atoms with van der Waals surface area (Å²) < 4.78 is 4.66. The van der Waals surface area contributed by atoms with E-state index in [1.54, 1.807) is 0 Å². The highest BCUT2D eigenvalue weighted by atomic mass is 32.1. The molecule has 7 heavy (non-hydrogen) atoms. The van der Waals surface area contributed by atoms with Crippen LogP contribution in [-0.2, 0) is 14.5 Å². The molecule has 0 saturated carbocycles. The molecule has 1 saturated heterocycles. The Kier molecular flexibility index (Phi) is 1.43. The lowest BCUT2D eigenvalue weighted by Gasteiger charge is -2.11. The van der Waals surface area contributed by atoms with E-state index in [1.807, 2.05) is 0 Å². The fraction of sp³-hybridized carbons (Fsp3) is 0.667. The molecule has 3 nitrogen and oxygen atoms in total. The first-order valence-corrected chi connectivity index (χ1v) is 2.26. The van der Waals surface area contributed by atoms with E-state index in [-0.39, 0.29) is 5.24 Å². The van der Waals surface area contributed by atoms with Crippen molar-refractivity contribution in [2.75, 3.05) is 13.2 Å². The van der Waals surface area contributed by atoms with Gasteiger partial charge in [0.15, 0.2) is 0 Å². The smallest absolute Gasteiger partial charge is 0.386 e. The van der Waals surface area contributed by atoms with E-state index < -0.39 is 0 Å². The molecule has 4 heteroatoms. The van der Waals surface area contributed by atoms with E-state index in [0.717, 1.165) is 0 Å². The van der Waals surface area contributed by atoms with Crippen LogP contribution in [0.25, 0.3) is 0 Å². The van der Waals surface area contributed by atoms with Crippen LogP contribution in [0.2, 0.25) is 0 Å². The summed E-state index contributed by atoms with van der Waals surface area (Å²) in [4.78, 5) is 8.70. The molecule has 0 bridgehead atoms. The van der Waals surface area contributed by atoms with Gasteiger partial charge in [0.05, 0.1) is 0 Å². The maximum atomic E-state index is 4.66. The molecule has 0 N–H and O–H groups in total. The summed E-state index contributed by atoms with van der Waals surface area (Å²) in [5, 5.41) is 0.0752. The van der Waals surface area contributed by atoms with Crippen molar-refractivity contribution in [3.8, 4) is 0 Å². The molecule has 0 unspecified atom stereocenters. The second-order valence-electron chi connectivity index (χ2n) is 1.00. The van der Waals surface area contributed by atoms with E-state index in [1.165, 1.54) is 0 Å². The summed E-state index contributed by atoms with van der Waals surface area (Å²) in [6.45, 7) is 0.957. The van der Waals surface area contributed by atoms with Gasteiger partial charge in [-0.3, -0.25) is 4.89 Å². The summed E-state index contributed by atoms with van der Waals surface area (Å²) in [7, 11) is 0. The van der Waals surface area contributed by atoms with Crippen LogP contribution in [0.1, 0.15) is 0 Å². The molecule has 1 rings (SSSR count). The molecule has 0 spiro atoms. The average Bonchev–Trinajstić information content (AvgIpc) is 1.69. The van der Waals surface area contributed by atoms with Crippen LogP contribution in [-0.4, -0.2) is 18.5 Å². The zero-order valence-corrected chi connectivity index (χ0v) is 4.36. The lowest BCUT2D eigenvalue weighted by atomic mass is 10.8. The summed E-state index contributed by atoms with van der Waals surface area (Å²) in [6.07, 6.45) is 0. The quantitative estimate of drug-likeness (QED) is 0.338. The zero-order valence-electron chi connectivity index (χ0n) is 3.55. The Morgan fingerprint density at radius 3 is 2.57 bits per heavy atom. The molecule has 0 radical (unpaired) electrons.